The summed E-state index contributed by atoms with van der Waals surface area (Å²) in [5.41, 5.74) is 0. The van der Waals surface area contributed by atoms with Gasteiger partial charge in [-0.3, -0.25) is 9.59 Å². The quantitative estimate of drug-likeness (QED) is 0.0374. The fourth-order valence-electron chi connectivity index (χ4n) is 7.41. The van der Waals surface area contributed by atoms with E-state index in [9.17, 15) is 14.7 Å². The van der Waals surface area contributed by atoms with Crippen LogP contribution in [0.5, 0.6) is 0 Å². The van der Waals surface area contributed by atoms with E-state index in [4.69, 9.17) is 9.47 Å². The molecule has 0 spiro atoms. The van der Waals surface area contributed by atoms with Gasteiger partial charge in [-0.1, -0.05) is 257 Å². The standard InChI is InChI=1S/C62H102O5/c1-3-5-7-9-11-13-15-17-19-21-23-25-26-27-28-29-30-31-32-33-34-35-36-37-39-41-43-45-47-49-51-53-55-57-62(65)67-60(58-63)59-66-61(64)56-54-52-50-48-46-44-42-40-38-24-22-20-18-16-14-12-10-8-6-4-2/h5,7,11,13,17,19,23,25,27-28,30-31,33-34,36-37,41,43,47,49,60,63H,3-4,6,8-10,12,14-16,18,20-22,24,26,29,32,35,38-40,42,44-46,48,50-59H2,1-2H3/b7-5-,13-11-,19-17-,25-23-,28-27-,31-30-,34-33-,37-36-,43-41-,49-47-. The molecule has 1 atom stereocenters. The molecule has 0 radical (unpaired) electrons. The second-order valence-corrected chi connectivity index (χ2v) is 17.9. The average molecular weight is 927 g/mol. The Bertz CT molecular complexity index is 1370. The van der Waals surface area contributed by atoms with Crippen molar-refractivity contribution in [1.29, 1.82) is 0 Å². The van der Waals surface area contributed by atoms with Gasteiger partial charge in [0.25, 0.3) is 0 Å². The zero-order chi connectivity index (χ0) is 48.5. The fourth-order valence-corrected chi connectivity index (χ4v) is 7.41. The zero-order valence-electron chi connectivity index (χ0n) is 43.4. The number of allylic oxidation sites excluding steroid dienone is 20. The van der Waals surface area contributed by atoms with Crippen LogP contribution in [0.4, 0.5) is 0 Å². The summed E-state index contributed by atoms with van der Waals surface area (Å²) >= 11 is 0. The summed E-state index contributed by atoms with van der Waals surface area (Å²) in [5.74, 6) is -0.643. The van der Waals surface area contributed by atoms with Gasteiger partial charge in [-0.25, -0.2) is 0 Å². The number of esters is 2. The number of carbonyl (C=O) groups excluding carboxylic acids is 2. The number of hydrogen-bond donors (Lipinski definition) is 1. The van der Waals surface area contributed by atoms with Gasteiger partial charge in [0, 0.05) is 12.8 Å². The fraction of sp³-hybridized carbons (Fsp3) is 0.645. The molecule has 0 aromatic rings. The van der Waals surface area contributed by atoms with E-state index in [0.29, 0.717) is 12.8 Å². The molecule has 1 N–H and O–H groups in total. The highest BCUT2D eigenvalue weighted by atomic mass is 16.6. The van der Waals surface area contributed by atoms with Crippen molar-refractivity contribution in [3.05, 3.63) is 122 Å². The normalized spacial score (nSPS) is 13.2. The molecule has 0 aliphatic carbocycles. The molecule has 1 unspecified atom stereocenters. The summed E-state index contributed by atoms with van der Waals surface area (Å²) < 4.78 is 10.7. The second kappa shape index (κ2) is 56.6. The number of ether oxygens (including phenoxy) is 2. The van der Waals surface area contributed by atoms with Gasteiger partial charge in [-0.05, 0) is 89.9 Å². The molecule has 380 valence electrons. The van der Waals surface area contributed by atoms with Crippen LogP contribution in [0.3, 0.4) is 0 Å². The molecule has 5 heteroatoms. The minimum absolute atomic E-state index is 0.0882. The van der Waals surface area contributed by atoms with E-state index < -0.39 is 6.10 Å². The molecule has 0 aromatic heterocycles. The Kier molecular flexibility index (Phi) is 53.5. The summed E-state index contributed by atoms with van der Waals surface area (Å²) in [6.45, 7) is 4.00. The SMILES string of the molecule is CC/C=C\C/C=C\C/C=C\C/C=C\C/C=C\C/C=C\C/C=C\C/C=C\C/C=C\C/C=C\CCCCC(=O)OC(CO)COC(=O)CCCCCCCCCCCCCCCCCCCCCC. The van der Waals surface area contributed by atoms with E-state index in [1.165, 1.54) is 109 Å². The van der Waals surface area contributed by atoms with Crippen LogP contribution in [-0.4, -0.2) is 36.4 Å². The molecule has 67 heavy (non-hydrogen) atoms. The van der Waals surface area contributed by atoms with Crippen molar-refractivity contribution in [3.63, 3.8) is 0 Å². The van der Waals surface area contributed by atoms with E-state index in [0.717, 1.165) is 103 Å². The predicted octanol–water partition coefficient (Wildman–Crippen LogP) is 18.7. The third-order valence-corrected chi connectivity index (χ3v) is 11.5. The molecule has 0 saturated carbocycles. The first kappa shape index (κ1) is 63.3. The lowest BCUT2D eigenvalue weighted by atomic mass is 10.0. The van der Waals surface area contributed by atoms with Crippen LogP contribution in [0.2, 0.25) is 0 Å². The van der Waals surface area contributed by atoms with Gasteiger partial charge in [0.1, 0.15) is 6.61 Å². The monoisotopic (exact) mass is 927 g/mol. The molecule has 0 rings (SSSR count). The number of hydrogen-bond acceptors (Lipinski definition) is 5. The van der Waals surface area contributed by atoms with Crippen LogP contribution in [0, 0.1) is 0 Å². The first-order chi connectivity index (χ1) is 33.1. The van der Waals surface area contributed by atoms with E-state index in [1.807, 2.05) is 0 Å². The minimum atomic E-state index is -0.802. The maximum Gasteiger partial charge on any atom is 0.306 e. The van der Waals surface area contributed by atoms with Crippen molar-refractivity contribution in [3.8, 4) is 0 Å². The lowest BCUT2D eigenvalue weighted by Crippen LogP contribution is -2.28. The van der Waals surface area contributed by atoms with Crippen LogP contribution in [0.1, 0.15) is 239 Å². The molecule has 0 aliphatic rings. The molecule has 0 bridgehead atoms. The highest BCUT2D eigenvalue weighted by Gasteiger charge is 2.16. The Morgan fingerprint density at radius 3 is 0.970 bits per heavy atom. The van der Waals surface area contributed by atoms with Gasteiger partial charge >= 0.3 is 11.9 Å². The minimum Gasteiger partial charge on any atom is -0.462 e. The summed E-state index contributed by atoms with van der Waals surface area (Å²) in [5, 5.41) is 9.64. The number of rotatable bonds is 49. The Balaban J connectivity index is 3.66. The summed E-state index contributed by atoms with van der Waals surface area (Å²) in [6.07, 6.45) is 83.0. The van der Waals surface area contributed by atoms with Crippen LogP contribution in [-0.2, 0) is 19.1 Å². The zero-order valence-corrected chi connectivity index (χ0v) is 43.4. The maximum atomic E-state index is 12.3. The van der Waals surface area contributed by atoms with Crippen molar-refractivity contribution in [1.82, 2.24) is 0 Å². The first-order valence-corrected chi connectivity index (χ1v) is 27.6. The molecule has 0 aliphatic heterocycles. The Labute approximate surface area is 413 Å². The molecular weight excluding hydrogens is 825 g/mol. The summed E-state index contributed by atoms with van der Waals surface area (Å²) in [4.78, 5) is 24.5. The smallest absolute Gasteiger partial charge is 0.306 e. The van der Waals surface area contributed by atoms with Gasteiger partial charge in [-0.15, -0.1) is 0 Å². The summed E-state index contributed by atoms with van der Waals surface area (Å²) in [6, 6.07) is 0. The molecule has 5 nitrogen and oxygen atoms in total. The van der Waals surface area contributed by atoms with Gasteiger partial charge in [0.15, 0.2) is 6.10 Å². The Morgan fingerprint density at radius 1 is 0.358 bits per heavy atom. The highest BCUT2D eigenvalue weighted by molar-refractivity contribution is 5.70. The van der Waals surface area contributed by atoms with Gasteiger partial charge in [-0.2, -0.15) is 0 Å². The third kappa shape index (κ3) is 54.8. The van der Waals surface area contributed by atoms with Gasteiger partial charge < -0.3 is 14.6 Å². The average Bonchev–Trinajstić information content (AvgIpc) is 3.33. The van der Waals surface area contributed by atoms with Crippen molar-refractivity contribution in [2.75, 3.05) is 13.2 Å². The first-order valence-electron chi connectivity index (χ1n) is 27.6. The lowest BCUT2D eigenvalue weighted by molar-refractivity contribution is -0.161. The largest absolute Gasteiger partial charge is 0.462 e. The lowest BCUT2D eigenvalue weighted by Gasteiger charge is -2.15. The van der Waals surface area contributed by atoms with Crippen molar-refractivity contribution >= 4 is 11.9 Å². The Morgan fingerprint density at radius 2 is 0.642 bits per heavy atom. The van der Waals surface area contributed by atoms with Crippen molar-refractivity contribution < 1.29 is 24.2 Å². The van der Waals surface area contributed by atoms with E-state index in [2.05, 4.69) is 135 Å². The van der Waals surface area contributed by atoms with Gasteiger partial charge in [0.2, 0.25) is 0 Å². The third-order valence-electron chi connectivity index (χ3n) is 11.5. The van der Waals surface area contributed by atoms with E-state index in [-0.39, 0.29) is 25.2 Å². The highest BCUT2D eigenvalue weighted by Crippen LogP contribution is 2.15. The van der Waals surface area contributed by atoms with Crippen LogP contribution in [0.25, 0.3) is 0 Å². The topological polar surface area (TPSA) is 72.8 Å². The maximum absolute atomic E-state index is 12.3. The number of carbonyl (C=O) groups is 2. The number of aliphatic hydroxyl groups is 1. The second-order valence-electron chi connectivity index (χ2n) is 17.9. The molecule has 0 fully saturated rings. The van der Waals surface area contributed by atoms with Crippen LogP contribution < -0.4 is 0 Å². The van der Waals surface area contributed by atoms with Crippen LogP contribution >= 0.6 is 0 Å². The van der Waals surface area contributed by atoms with E-state index in [1.54, 1.807) is 0 Å². The van der Waals surface area contributed by atoms with Gasteiger partial charge in [0.05, 0.1) is 6.61 Å². The number of aliphatic hydroxyl groups excluding tert-OH is 1. The molecular formula is C62H102O5. The summed E-state index contributed by atoms with van der Waals surface area (Å²) in [7, 11) is 0. The van der Waals surface area contributed by atoms with Crippen molar-refractivity contribution in [2.24, 2.45) is 0 Å². The van der Waals surface area contributed by atoms with E-state index >= 15 is 0 Å². The Hall–Kier alpha value is -3.70. The molecule has 0 saturated heterocycles. The molecule has 0 heterocycles. The predicted molar refractivity (Wildman–Crippen MR) is 292 cm³/mol. The van der Waals surface area contributed by atoms with Crippen molar-refractivity contribution in [2.45, 2.75) is 245 Å². The molecule has 0 amide bonds. The van der Waals surface area contributed by atoms with Crippen LogP contribution in [0.15, 0.2) is 122 Å². The number of unbranched alkanes of at least 4 members (excludes halogenated alkanes) is 21. The molecule has 0 aromatic carbocycles.